The second-order valence-electron chi connectivity index (χ2n) is 6.09. The molecule has 3 aliphatic rings. The van der Waals surface area contributed by atoms with E-state index in [1.807, 2.05) is 12.1 Å². The Bertz CT molecular complexity index is 1210. The van der Waals surface area contributed by atoms with Gasteiger partial charge in [-0.25, -0.2) is 19.6 Å². The van der Waals surface area contributed by atoms with Crippen molar-refractivity contribution in [3.63, 3.8) is 0 Å². The molecule has 27 heavy (non-hydrogen) atoms. The molecule has 0 radical (unpaired) electrons. The van der Waals surface area contributed by atoms with Crippen LogP contribution >= 0.6 is 11.3 Å². The molecule has 0 fully saturated rings. The minimum Gasteiger partial charge on any atom is -0.478 e. The standard InChI is InChI=1S/C20H14N2O4S/c23-19(24)11-7-12(20(25)26)9-14(8-11)21-13-5-6-16-18(10-13)27-17-4-2-1-3-15(17)22-16/h3-10H,1-2H2,(H,23,24)(H,25,26)/b21-13+. The maximum Gasteiger partial charge on any atom is 0.335 e. The zero-order valence-corrected chi connectivity index (χ0v) is 14.9. The highest BCUT2D eigenvalue weighted by Gasteiger charge is 2.11. The van der Waals surface area contributed by atoms with E-state index in [4.69, 9.17) is 0 Å². The van der Waals surface area contributed by atoms with Gasteiger partial charge >= 0.3 is 11.9 Å². The smallest absolute Gasteiger partial charge is 0.335 e. The number of carbonyl (C=O) groups is 2. The molecule has 4 rings (SSSR count). The summed E-state index contributed by atoms with van der Waals surface area (Å²) >= 11 is 1.63. The molecular weight excluding hydrogens is 364 g/mol. The van der Waals surface area contributed by atoms with Gasteiger partial charge in [-0.1, -0.05) is 12.2 Å². The average Bonchev–Trinajstić information content (AvgIpc) is 2.66. The molecule has 0 amide bonds. The van der Waals surface area contributed by atoms with E-state index in [2.05, 4.69) is 22.1 Å². The van der Waals surface area contributed by atoms with Crippen LogP contribution in [0.4, 0.5) is 5.69 Å². The molecule has 1 aromatic rings. The van der Waals surface area contributed by atoms with Gasteiger partial charge in [-0.3, -0.25) is 0 Å². The normalized spacial score (nSPS) is 13.6. The summed E-state index contributed by atoms with van der Waals surface area (Å²) in [7, 11) is 0. The van der Waals surface area contributed by atoms with Gasteiger partial charge in [0.25, 0.3) is 0 Å². The molecule has 0 saturated carbocycles. The van der Waals surface area contributed by atoms with Crippen molar-refractivity contribution in [1.29, 1.82) is 0 Å². The third kappa shape index (κ3) is 3.50. The number of hydrogen-bond acceptors (Lipinski definition) is 5. The minimum atomic E-state index is -1.20. The van der Waals surface area contributed by atoms with Gasteiger partial charge in [0.2, 0.25) is 0 Å². The van der Waals surface area contributed by atoms with E-state index in [1.54, 1.807) is 17.4 Å². The number of aromatic nitrogens is 1. The fourth-order valence-corrected chi connectivity index (χ4v) is 3.97. The number of aromatic carboxylic acids is 2. The van der Waals surface area contributed by atoms with Crippen LogP contribution in [0.3, 0.4) is 0 Å². The van der Waals surface area contributed by atoms with Crippen molar-refractivity contribution in [2.45, 2.75) is 12.8 Å². The van der Waals surface area contributed by atoms with Gasteiger partial charge in [-0.2, -0.15) is 0 Å². The molecule has 0 spiro atoms. The molecule has 0 aromatic heterocycles. The van der Waals surface area contributed by atoms with E-state index >= 15 is 0 Å². The number of carboxylic acid groups (broad SMARTS) is 2. The molecule has 0 atom stereocenters. The molecule has 0 saturated heterocycles. The number of rotatable bonds is 3. The van der Waals surface area contributed by atoms with E-state index in [-0.39, 0.29) is 16.8 Å². The van der Waals surface area contributed by atoms with Crippen LogP contribution in [0.15, 0.2) is 41.4 Å². The zero-order valence-electron chi connectivity index (χ0n) is 14.0. The Balaban J connectivity index is 1.87. The minimum absolute atomic E-state index is 0.113. The summed E-state index contributed by atoms with van der Waals surface area (Å²) in [6.45, 7) is 0. The largest absolute Gasteiger partial charge is 0.478 e. The summed E-state index contributed by atoms with van der Waals surface area (Å²) in [5, 5.41) is 20.0. The van der Waals surface area contributed by atoms with Crippen LogP contribution < -0.4 is 15.2 Å². The topological polar surface area (TPSA) is 99.9 Å². The van der Waals surface area contributed by atoms with Crippen molar-refractivity contribution in [2.75, 3.05) is 0 Å². The van der Waals surface area contributed by atoms with Crippen LogP contribution in [-0.2, 0) is 0 Å². The third-order valence-corrected chi connectivity index (χ3v) is 5.30. The summed E-state index contributed by atoms with van der Waals surface area (Å²) in [6.07, 6.45) is 6.30. The molecule has 0 unspecified atom stereocenters. The lowest BCUT2D eigenvalue weighted by Crippen LogP contribution is -2.29. The second kappa shape index (κ2) is 6.77. The quantitative estimate of drug-likeness (QED) is 0.728. The molecular formula is C20H14N2O4S. The highest BCUT2D eigenvalue weighted by Crippen LogP contribution is 2.20. The Labute approximate surface area is 157 Å². The van der Waals surface area contributed by atoms with Gasteiger partial charge in [0, 0.05) is 4.53 Å². The van der Waals surface area contributed by atoms with Gasteiger partial charge in [-0.05, 0) is 49.2 Å². The van der Waals surface area contributed by atoms with Crippen LogP contribution in [0.25, 0.3) is 22.7 Å². The molecule has 134 valence electrons. The van der Waals surface area contributed by atoms with Crippen molar-refractivity contribution >= 4 is 41.1 Å². The summed E-state index contributed by atoms with van der Waals surface area (Å²) in [5.41, 5.74) is 0.925. The summed E-state index contributed by atoms with van der Waals surface area (Å²) < 4.78 is 1.13. The lowest BCUT2D eigenvalue weighted by Gasteiger charge is -2.06. The second-order valence-corrected chi connectivity index (χ2v) is 7.18. The van der Waals surface area contributed by atoms with Gasteiger partial charge in [0.15, 0.2) is 0 Å². The molecule has 1 aliphatic heterocycles. The summed E-state index contributed by atoms with van der Waals surface area (Å²) in [6, 6.07) is 9.37. The predicted molar refractivity (Wildman–Crippen MR) is 102 cm³/mol. The fraction of sp³-hybridized carbons (Fsp3) is 0.100. The van der Waals surface area contributed by atoms with Crippen LogP contribution in [0.1, 0.15) is 33.6 Å². The van der Waals surface area contributed by atoms with Crippen LogP contribution in [0.5, 0.6) is 0 Å². The Kier molecular flexibility index (Phi) is 4.29. The van der Waals surface area contributed by atoms with Gasteiger partial charge in [0.05, 0.1) is 38.1 Å². The van der Waals surface area contributed by atoms with Crippen LogP contribution in [0.2, 0.25) is 0 Å². The monoisotopic (exact) mass is 378 g/mol. The summed E-state index contributed by atoms with van der Waals surface area (Å²) in [4.78, 5) is 32.5. The van der Waals surface area contributed by atoms with Gasteiger partial charge in [-0.15, -0.1) is 11.3 Å². The van der Waals surface area contributed by atoms with Crippen molar-refractivity contribution in [1.82, 2.24) is 4.98 Å². The SMILES string of the molecule is O=C(O)c1cc(/N=c2\ccc3nc4c(sc-3c2)=CCCC=4)cc(C(=O)O)c1. The molecule has 6 nitrogen and oxygen atoms in total. The van der Waals surface area contributed by atoms with E-state index in [0.29, 0.717) is 5.36 Å². The van der Waals surface area contributed by atoms with Crippen LogP contribution in [0, 0.1) is 0 Å². The molecule has 2 N–H and O–H groups in total. The first-order valence-electron chi connectivity index (χ1n) is 8.27. The van der Waals surface area contributed by atoms with Crippen molar-refractivity contribution in [3.8, 4) is 10.6 Å². The maximum absolute atomic E-state index is 11.2. The third-order valence-electron chi connectivity index (χ3n) is 4.16. The van der Waals surface area contributed by atoms with Crippen molar-refractivity contribution in [2.24, 2.45) is 4.99 Å². The Hall–Kier alpha value is -3.32. The van der Waals surface area contributed by atoms with Gasteiger partial charge in [0.1, 0.15) is 0 Å². The Morgan fingerprint density at radius 1 is 0.963 bits per heavy atom. The average molecular weight is 378 g/mol. The summed E-state index contributed by atoms with van der Waals surface area (Å²) in [5.74, 6) is -2.39. The Morgan fingerprint density at radius 3 is 2.37 bits per heavy atom. The first kappa shape index (κ1) is 17.1. The zero-order chi connectivity index (χ0) is 19.0. The van der Waals surface area contributed by atoms with Crippen LogP contribution in [-0.4, -0.2) is 27.1 Å². The molecule has 0 bridgehead atoms. The molecule has 1 aromatic carbocycles. The fourth-order valence-electron chi connectivity index (χ4n) is 2.90. The lowest BCUT2D eigenvalue weighted by molar-refractivity contribution is 0.0696. The number of benzene rings is 2. The molecule has 1 heterocycles. The van der Waals surface area contributed by atoms with E-state index in [0.717, 1.165) is 39.4 Å². The highest BCUT2D eigenvalue weighted by molar-refractivity contribution is 7.13. The first-order valence-corrected chi connectivity index (χ1v) is 9.09. The highest BCUT2D eigenvalue weighted by atomic mass is 32.1. The van der Waals surface area contributed by atoms with Crippen molar-refractivity contribution < 1.29 is 19.8 Å². The lowest BCUT2D eigenvalue weighted by atomic mass is 10.1. The molecule has 7 heteroatoms. The predicted octanol–water partition coefficient (Wildman–Crippen LogP) is 2.23. The van der Waals surface area contributed by atoms with Crippen molar-refractivity contribution in [3.05, 3.63) is 62.8 Å². The molecule has 2 aliphatic carbocycles. The number of hydrogen-bond donors (Lipinski definition) is 2. The van der Waals surface area contributed by atoms with E-state index in [1.165, 1.54) is 12.1 Å². The van der Waals surface area contributed by atoms with E-state index < -0.39 is 11.9 Å². The number of carboxylic acids is 2. The Morgan fingerprint density at radius 2 is 1.67 bits per heavy atom. The number of nitrogens with zero attached hydrogens (tertiary/aromatic N) is 2. The van der Waals surface area contributed by atoms with E-state index in [9.17, 15) is 19.8 Å². The van der Waals surface area contributed by atoms with Gasteiger partial charge < -0.3 is 10.2 Å². The number of fused-ring (bicyclic) bond motifs is 2. The maximum atomic E-state index is 11.2. The first-order chi connectivity index (χ1) is 13.0.